The minimum absolute atomic E-state index is 0.388. The molecule has 16 heavy (non-hydrogen) atoms. The third-order valence-electron chi connectivity index (χ3n) is 3.45. The second-order valence-electron chi connectivity index (χ2n) is 5.37. The molecule has 1 aromatic rings. The minimum Gasteiger partial charge on any atom is -0.0922 e. The molecule has 1 aromatic carbocycles. The van der Waals surface area contributed by atoms with Crippen LogP contribution in [0.25, 0.3) is 0 Å². The van der Waals surface area contributed by atoms with E-state index < -0.39 is 0 Å². The zero-order chi connectivity index (χ0) is 12.2. The molecular weight excluding hydrogens is 260 g/mol. The van der Waals surface area contributed by atoms with Gasteiger partial charge in [-0.25, -0.2) is 0 Å². The Morgan fingerprint density at radius 3 is 2.12 bits per heavy atom. The molecule has 1 heteroatoms. The van der Waals surface area contributed by atoms with Gasteiger partial charge >= 0.3 is 0 Å². The fourth-order valence-electron chi connectivity index (χ4n) is 1.78. The van der Waals surface area contributed by atoms with Crippen LogP contribution in [0.1, 0.15) is 51.2 Å². The van der Waals surface area contributed by atoms with E-state index in [2.05, 4.69) is 67.9 Å². The predicted molar refractivity (Wildman–Crippen MR) is 76.4 cm³/mol. The first-order valence-electron chi connectivity index (χ1n) is 6.15. The van der Waals surface area contributed by atoms with Crippen molar-refractivity contribution in [2.75, 3.05) is 5.33 Å². The fourth-order valence-corrected chi connectivity index (χ4v) is 2.37. The van der Waals surface area contributed by atoms with Gasteiger partial charge in [0.2, 0.25) is 0 Å². The molecule has 0 amide bonds. The summed E-state index contributed by atoms with van der Waals surface area (Å²) in [5.74, 6) is 0.628. The molecule has 1 rings (SSSR count). The van der Waals surface area contributed by atoms with Crippen LogP contribution in [0.5, 0.6) is 0 Å². The fraction of sp³-hybridized carbons (Fsp3) is 0.600. The van der Waals surface area contributed by atoms with Gasteiger partial charge in [0.15, 0.2) is 0 Å². The lowest BCUT2D eigenvalue weighted by Crippen LogP contribution is -2.20. The second-order valence-corrected chi connectivity index (χ2v) is 5.93. The van der Waals surface area contributed by atoms with E-state index in [9.17, 15) is 0 Å². The molecule has 0 saturated carbocycles. The van der Waals surface area contributed by atoms with Gasteiger partial charge in [-0.05, 0) is 35.3 Å². The quantitative estimate of drug-likeness (QED) is 0.654. The lowest BCUT2D eigenvalue weighted by molar-refractivity contribution is 0.361. The van der Waals surface area contributed by atoms with Crippen molar-refractivity contribution < 1.29 is 0 Å². The summed E-state index contributed by atoms with van der Waals surface area (Å²) in [6.45, 7) is 9.09. The average molecular weight is 283 g/mol. The molecule has 0 heterocycles. The van der Waals surface area contributed by atoms with Crippen LogP contribution in [0.4, 0.5) is 0 Å². The van der Waals surface area contributed by atoms with Gasteiger partial charge in [-0.2, -0.15) is 0 Å². The summed E-state index contributed by atoms with van der Waals surface area (Å²) in [6, 6.07) is 9.10. The molecule has 0 aliphatic carbocycles. The Morgan fingerprint density at radius 2 is 1.75 bits per heavy atom. The summed E-state index contributed by atoms with van der Waals surface area (Å²) >= 11 is 3.63. The van der Waals surface area contributed by atoms with Crippen LogP contribution >= 0.6 is 15.9 Å². The molecule has 0 aliphatic heterocycles. The van der Waals surface area contributed by atoms with Gasteiger partial charge in [-0.3, -0.25) is 0 Å². The highest BCUT2D eigenvalue weighted by Gasteiger charge is 2.20. The molecule has 0 radical (unpaired) electrons. The maximum absolute atomic E-state index is 3.63. The number of halogens is 1. The van der Waals surface area contributed by atoms with E-state index in [4.69, 9.17) is 0 Å². The van der Waals surface area contributed by atoms with Crippen LogP contribution in [0, 0.1) is 5.41 Å². The molecule has 0 N–H and O–H groups in total. The summed E-state index contributed by atoms with van der Waals surface area (Å²) in [4.78, 5) is 0. The SMILES string of the molecule is CCC(C)(CBr)Cc1ccc(C(C)C)cc1. The van der Waals surface area contributed by atoms with Crippen LogP contribution in [-0.2, 0) is 6.42 Å². The Morgan fingerprint density at radius 1 is 1.19 bits per heavy atom. The summed E-state index contributed by atoms with van der Waals surface area (Å²) in [5.41, 5.74) is 3.27. The van der Waals surface area contributed by atoms with E-state index in [-0.39, 0.29) is 0 Å². The lowest BCUT2D eigenvalue weighted by Gasteiger charge is -2.25. The maximum atomic E-state index is 3.63. The summed E-state index contributed by atoms with van der Waals surface area (Å²) < 4.78 is 0. The van der Waals surface area contributed by atoms with Gasteiger partial charge in [-0.1, -0.05) is 67.9 Å². The zero-order valence-electron chi connectivity index (χ0n) is 10.9. The largest absolute Gasteiger partial charge is 0.0922 e. The van der Waals surface area contributed by atoms with Gasteiger partial charge in [0.1, 0.15) is 0 Å². The van der Waals surface area contributed by atoms with Gasteiger partial charge in [-0.15, -0.1) is 0 Å². The molecule has 0 spiro atoms. The summed E-state index contributed by atoms with van der Waals surface area (Å²) in [7, 11) is 0. The predicted octanol–water partition coefficient (Wildman–Crippen LogP) is 5.16. The van der Waals surface area contributed by atoms with Gasteiger partial charge in [0, 0.05) is 5.33 Å². The Hall–Kier alpha value is -0.300. The van der Waals surface area contributed by atoms with E-state index >= 15 is 0 Å². The molecule has 1 atom stereocenters. The van der Waals surface area contributed by atoms with Crippen molar-refractivity contribution in [3.05, 3.63) is 35.4 Å². The zero-order valence-corrected chi connectivity index (χ0v) is 12.5. The van der Waals surface area contributed by atoms with Crippen LogP contribution in [0.15, 0.2) is 24.3 Å². The first kappa shape index (κ1) is 13.8. The molecular formula is C15H23Br. The van der Waals surface area contributed by atoms with Crippen molar-refractivity contribution in [2.45, 2.75) is 46.5 Å². The summed E-state index contributed by atoms with van der Waals surface area (Å²) in [6.07, 6.45) is 2.37. The van der Waals surface area contributed by atoms with E-state index in [1.54, 1.807) is 0 Å². The van der Waals surface area contributed by atoms with Crippen LogP contribution < -0.4 is 0 Å². The topological polar surface area (TPSA) is 0 Å². The Kier molecular flexibility index (Phi) is 5.04. The molecule has 1 unspecified atom stereocenters. The highest BCUT2D eigenvalue weighted by atomic mass is 79.9. The standard InChI is InChI=1S/C15H23Br/c1-5-15(4,11-16)10-13-6-8-14(9-7-13)12(2)3/h6-9,12H,5,10-11H2,1-4H3. The first-order valence-corrected chi connectivity index (χ1v) is 7.27. The van der Waals surface area contributed by atoms with Crippen molar-refractivity contribution in [1.82, 2.24) is 0 Å². The van der Waals surface area contributed by atoms with E-state index in [0.29, 0.717) is 11.3 Å². The van der Waals surface area contributed by atoms with E-state index in [0.717, 1.165) is 11.8 Å². The summed E-state index contributed by atoms with van der Waals surface area (Å²) in [5, 5.41) is 1.07. The minimum atomic E-state index is 0.388. The van der Waals surface area contributed by atoms with Crippen LogP contribution in [0.2, 0.25) is 0 Å². The number of hydrogen-bond acceptors (Lipinski definition) is 0. The third-order valence-corrected chi connectivity index (χ3v) is 4.81. The van der Waals surface area contributed by atoms with Crippen molar-refractivity contribution >= 4 is 15.9 Å². The van der Waals surface area contributed by atoms with E-state index in [1.165, 1.54) is 17.5 Å². The first-order chi connectivity index (χ1) is 7.50. The van der Waals surface area contributed by atoms with Crippen molar-refractivity contribution in [3.63, 3.8) is 0 Å². The van der Waals surface area contributed by atoms with Crippen molar-refractivity contribution in [1.29, 1.82) is 0 Å². The molecule has 0 saturated heterocycles. The maximum Gasteiger partial charge on any atom is 0.00884 e. The molecule has 0 aliphatic rings. The molecule has 0 bridgehead atoms. The highest BCUT2D eigenvalue weighted by Crippen LogP contribution is 2.29. The monoisotopic (exact) mass is 282 g/mol. The number of alkyl halides is 1. The Labute approximate surface area is 109 Å². The number of rotatable bonds is 5. The average Bonchev–Trinajstić information content (AvgIpc) is 2.29. The smallest absolute Gasteiger partial charge is 0.00884 e. The van der Waals surface area contributed by atoms with Crippen LogP contribution in [0.3, 0.4) is 0 Å². The molecule has 0 aromatic heterocycles. The van der Waals surface area contributed by atoms with Gasteiger partial charge in [0.25, 0.3) is 0 Å². The van der Waals surface area contributed by atoms with Crippen molar-refractivity contribution in [3.8, 4) is 0 Å². The van der Waals surface area contributed by atoms with Gasteiger partial charge in [0.05, 0.1) is 0 Å². The number of hydrogen-bond donors (Lipinski definition) is 0. The lowest BCUT2D eigenvalue weighted by atomic mass is 9.83. The molecule has 0 fully saturated rings. The van der Waals surface area contributed by atoms with Crippen LogP contribution in [-0.4, -0.2) is 5.33 Å². The van der Waals surface area contributed by atoms with E-state index in [1.807, 2.05) is 0 Å². The van der Waals surface area contributed by atoms with Crippen molar-refractivity contribution in [2.24, 2.45) is 5.41 Å². The second kappa shape index (κ2) is 5.86. The Bertz CT molecular complexity index is 307. The molecule has 90 valence electrons. The molecule has 0 nitrogen and oxygen atoms in total. The highest BCUT2D eigenvalue weighted by molar-refractivity contribution is 9.09. The Balaban J connectivity index is 2.75. The number of benzene rings is 1. The third kappa shape index (κ3) is 3.62. The normalized spacial score (nSPS) is 15.1. The van der Waals surface area contributed by atoms with Gasteiger partial charge < -0.3 is 0 Å².